The fourth-order valence-corrected chi connectivity index (χ4v) is 0.778. The van der Waals surface area contributed by atoms with Crippen LogP contribution in [-0.2, 0) is 4.74 Å². The Morgan fingerprint density at radius 3 is 1.64 bits per heavy atom. The van der Waals surface area contributed by atoms with Crippen molar-refractivity contribution in [2.45, 2.75) is 53.1 Å². The molecule has 0 aromatic heterocycles. The summed E-state index contributed by atoms with van der Waals surface area (Å²) >= 11 is 0. The minimum atomic E-state index is 0.0489. The molecular formula is C10H22O. The standard InChI is InChI=1S/C10H22O/c1-9(2,3)7-8-10(4,5)11-6/h7-8H2,1-6H3. The predicted molar refractivity (Wildman–Crippen MR) is 49.8 cm³/mol. The lowest BCUT2D eigenvalue weighted by Gasteiger charge is -2.27. The molecule has 1 nitrogen and oxygen atoms in total. The largest absolute Gasteiger partial charge is 0.379 e. The van der Waals surface area contributed by atoms with Crippen molar-refractivity contribution in [1.29, 1.82) is 0 Å². The molecule has 0 amide bonds. The van der Waals surface area contributed by atoms with Gasteiger partial charge in [0.15, 0.2) is 0 Å². The molecule has 0 saturated carbocycles. The first-order chi connectivity index (χ1) is 4.77. The maximum atomic E-state index is 5.33. The van der Waals surface area contributed by atoms with E-state index in [2.05, 4.69) is 34.6 Å². The maximum absolute atomic E-state index is 5.33. The highest BCUT2D eigenvalue weighted by Crippen LogP contribution is 2.26. The van der Waals surface area contributed by atoms with Gasteiger partial charge in [-0.1, -0.05) is 20.8 Å². The highest BCUT2D eigenvalue weighted by molar-refractivity contribution is 4.72. The first-order valence-electron chi connectivity index (χ1n) is 4.32. The van der Waals surface area contributed by atoms with Crippen LogP contribution in [0.15, 0.2) is 0 Å². The Balaban J connectivity index is 3.70. The molecule has 0 rings (SSSR count). The summed E-state index contributed by atoms with van der Waals surface area (Å²) in [6, 6.07) is 0. The van der Waals surface area contributed by atoms with E-state index in [1.165, 1.54) is 6.42 Å². The monoisotopic (exact) mass is 158 g/mol. The second-order valence-corrected chi connectivity index (χ2v) is 5.02. The van der Waals surface area contributed by atoms with Crippen LogP contribution in [0.4, 0.5) is 0 Å². The van der Waals surface area contributed by atoms with Gasteiger partial charge >= 0.3 is 0 Å². The minimum absolute atomic E-state index is 0.0489. The Morgan fingerprint density at radius 2 is 1.36 bits per heavy atom. The van der Waals surface area contributed by atoms with E-state index >= 15 is 0 Å². The molecule has 0 bridgehead atoms. The summed E-state index contributed by atoms with van der Waals surface area (Å²) in [5.41, 5.74) is 0.475. The molecule has 0 fully saturated rings. The number of rotatable bonds is 3. The Labute approximate surface area is 71.1 Å². The van der Waals surface area contributed by atoms with Gasteiger partial charge < -0.3 is 4.74 Å². The van der Waals surface area contributed by atoms with Crippen molar-refractivity contribution in [2.75, 3.05) is 7.11 Å². The SMILES string of the molecule is COC(C)(C)CCC(C)(C)C. The zero-order chi connectivity index (χ0) is 9.12. The van der Waals surface area contributed by atoms with Gasteiger partial charge in [-0.2, -0.15) is 0 Å². The van der Waals surface area contributed by atoms with Crippen molar-refractivity contribution in [3.8, 4) is 0 Å². The van der Waals surface area contributed by atoms with Crippen LogP contribution in [0.1, 0.15) is 47.5 Å². The summed E-state index contributed by atoms with van der Waals surface area (Å²) in [5, 5.41) is 0. The molecule has 0 aromatic rings. The van der Waals surface area contributed by atoms with Gasteiger partial charge in [0, 0.05) is 7.11 Å². The van der Waals surface area contributed by atoms with E-state index < -0.39 is 0 Å². The summed E-state index contributed by atoms with van der Waals surface area (Å²) in [6.07, 6.45) is 2.35. The fourth-order valence-electron chi connectivity index (χ4n) is 0.778. The van der Waals surface area contributed by atoms with Crippen LogP contribution in [0.2, 0.25) is 0 Å². The molecular weight excluding hydrogens is 136 g/mol. The predicted octanol–water partition coefficient (Wildman–Crippen LogP) is 3.24. The molecule has 0 atom stereocenters. The molecule has 0 aliphatic heterocycles. The third kappa shape index (κ3) is 6.36. The molecule has 0 aromatic carbocycles. The molecule has 11 heavy (non-hydrogen) atoms. The summed E-state index contributed by atoms with van der Waals surface area (Å²) in [4.78, 5) is 0. The zero-order valence-electron chi connectivity index (χ0n) is 8.82. The van der Waals surface area contributed by atoms with E-state index in [-0.39, 0.29) is 5.60 Å². The van der Waals surface area contributed by atoms with E-state index in [0.29, 0.717) is 5.41 Å². The molecule has 0 aliphatic carbocycles. The average Bonchev–Trinajstić information content (AvgIpc) is 1.83. The van der Waals surface area contributed by atoms with E-state index in [1.807, 2.05) is 0 Å². The molecule has 1 heteroatoms. The summed E-state index contributed by atoms with van der Waals surface area (Å²) in [7, 11) is 1.78. The molecule has 0 unspecified atom stereocenters. The zero-order valence-corrected chi connectivity index (χ0v) is 8.82. The van der Waals surface area contributed by atoms with E-state index in [0.717, 1.165) is 6.42 Å². The minimum Gasteiger partial charge on any atom is -0.379 e. The quantitative estimate of drug-likeness (QED) is 0.612. The highest BCUT2D eigenvalue weighted by Gasteiger charge is 2.20. The lowest BCUT2D eigenvalue weighted by Crippen LogP contribution is -2.24. The van der Waals surface area contributed by atoms with Crippen molar-refractivity contribution >= 4 is 0 Å². The van der Waals surface area contributed by atoms with Crippen molar-refractivity contribution in [3.05, 3.63) is 0 Å². The van der Waals surface area contributed by atoms with Crippen molar-refractivity contribution < 1.29 is 4.74 Å². The lowest BCUT2D eigenvalue weighted by molar-refractivity contribution is 0.00697. The number of methoxy groups -OCH3 is 1. The van der Waals surface area contributed by atoms with Crippen LogP contribution >= 0.6 is 0 Å². The molecule has 0 radical (unpaired) electrons. The van der Waals surface area contributed by atoms with E-state index in [1.54, 1.807) is 7.11 Å². The first kappa shape index (κ1) is 11.0. The van der Waals surface area contributed by atoms with Crippen LogP contribution in [-0.4, -0.2) is 12.7 Å². The van der Waals surface area contributed by atoms with Gasteiger partial charge in [-0.05, 0) is 32.1 Å². The van der Waals surface area contributed by atoms with Gasteiger partial charge in [-0.25, -0.2) is 0 Å². The van der Waals surface area contributed by atoms with Crippen LogP contribution in [0.25, 0.3) is 0 Å². The molecule has 0 N–H and O–H groups in total. The van der Waals surface area contributed by atoms with Gasteiger partial charge in [-0.3, -0.25) is 0 Å². The van der Waals surface area contributed by atoms with Crippen molar-refractivity contribution in [2.24, 2.45) is 5.41 Å². The van der Waals surface area contributed by atoms with Crippen LogP contribution in [0.3, 0.4) is 0 Å². The van der Waals surface area contributed by atoms with Crippen LogP contribution < -0.4 is 0 Å². The third-order valence-electron chi connectivity index (χ3n) is 2.03. The Bertz CT molecular complexity index is 109. The molecule has 0 aliphatic rings. The second kappa shape index (κ2) is 3.57. The van der Waals surface area contributed by atoms with Gasteiger partial charge in [0.2, 0.25) is 0 Å². The van der Waals surface area contributed by atoms with Gasteiger partial charge in [0.05, 0.1) is 5.60 Å². The summed E-state index contributed by atoms with van der Waals surface area (Å²) in [5.74, 6) is 0. The Kier molecular flexibility index (Phi) is 3.56. The molecule has 0 heterocycles. The van der Waals surface area contributed by atoms with Crippen LogP contribution in [0, 0.1) is 5.41 Å². The highest BCUT2D eigenvalue weighted by atomic mass is 16.5. The average molecular weight is 158 g/mol. The second-order valence-electron chi connectivity index (χ2n) is 5.02. The fraction of sp³-hybridized carbons (Fsp3) is 1.00. The number of hydrogen-bond donors (Lipinski definition) is 0. The lowest BCUT2D eigenvalue weighted by atomic mass is 9.86. The number of ether oxygens (including phenoxy) is 1. The molecule has 0 saturated heterocycles. The maximum Gasteiger partial charge on any atom is 0.0623 e. The smallest absolute Gasteiger partial charge is 0.0623 e. The number of hydrogen-bond acceptors (Lipinski definition) is 1. The van der Waals surface area contributed by atoms with Crippen molar-refractivity contribution in [3.63, 3.8) is 0 Å². The first-order valence-corrected chi connectivity index (χ1v) is 4.32. The Hall–Kier alpha value is -0.0400. The third-order valence-corrected chi connectivity index (χ3v) is 2.03. The van der Waals surface area contributed by atoms with Gasteiger partial charge in [-0.15, -0.1) is 0 Å². The van der Waals surface area contributed by atoms with E-state index in [9.17, 15) is 0 Å². The Morgan fingerprint density at radius 1 is 0.909 bits per heavy atom. The van der Waals surface area contributed by atoms with Crippen molar-refractivity contribution in [1.82, 2.24) is 0 Å². The molecule has 0 spiro atoms. The normalized spacial score (nSPS) is 13.6. The summed E-state index contributed by atoms with van der Waals surface area (Å²) < 4.78 is 5.33. The molecule has 68 valence electrons. The topological polar surface area (TPSA) is 9.23 Å². The summed E-state index contributed by atoms with van der Waals surface area (Å²) in [6.45, 7) is 11.1. The van der Waals surface area contributed by atoms with Gasteiger partial charge in [0.25, 0.3) is 0 Å². The van der Waals surface area contributed by atoms with Gasteiger partial charge in [0.1, 0.15) is 0 Å². The van der Waals surface area contributed by atoms with Crippen LogP contribution in [0.5, 0.6) is 0 Å². The van der Waals surface area contributed by atoms with E-state index in [4.69, 9.17) is 4.74 Å².